The maximum atomic E-state index is 11.9. The summed E-state index contributed by atoms with van der Waals surface area (Å²) in [6, 6.07) is 20.9. The van der Waals surface area contributed by atoms with Crippen LogP contribution in [0.15, 0.2) is 60.7 Å². The van der Waals surface area contributed by atoms with Gasteiger partial charge in [0.15, 0.2) is 9.84 Å². The molecule has 2 aromatic carbocycles. The van der Waals surface area contributed by atoms with Crippen LogP contribution in [0.1, 0.15) is 41.0 Å². The minimum absolute atomic E-state index is 0.112. The van der Waals surface area contributed by atoms with E-state index in [0.717, 1.165) is 0 Å². The molecule has 2 rings (SSSR count). The van der Waals surface area contributed by atoms with Crippen molar-refractivity contribution in [1.29, 1.82) is 0 Å². The van der Waals surface area contributed by atoms with E-state index in [9.17, 15) is 8.42 Å². The van der Waals surface area contributed by atoms with E-state index in [4.69, 9.17) is 4.43 Å². The molecular formula is C26H32O3SSi. The number of sulfone groups is 1. The molecule has 2 aromatic rings. The minimum Gasteiger partial charge on any atom is -0.404 e. The van der Waals surface area contributed by atoms with E-state index in [1.165, 1.54) is 10.4 Å². The van der Waals surface area contributed by atoms with E-state index >= 15 is 0 Å². The van der Waals surface area contributed by atoms with Gasteiger partial charge in [0.25, 0.3) is 8.32 Å². The molecule has 0 aliphatic heterocycles. The molecule has 0 radical (unpaired) electrons. The molecule has 0 N–H and O–H groups in total. The summed E-state index contributed by atoms with van der Waals surface area (Å²) in [4.78, 5) is 0. The first-order valence-corrected chi connectivity index (χ1v) is 14.2. The first kappa shape index (κ1) is 25.0. The lowest BCUT2D eigenvalue weighted by Crippen LogP contribution is -2.67. The van der Waals surface area contributed by atoms with Gasteiger partial charge >= 0.3 is 0 Å². The molecule has 0 heterocycles. The SMILES string of the molecule is CC#CCS(=O)(=O)CC#CCC(C)O[Si](c1ccccc1)(c1ccccc1)C(C)(C)C. The van der Waals surface area contributed by atoms with Crippen molar-refractivity contribution in [1.82, 2.24) is 0 Å². The van der Waals surface area contributed by atoms with Gasteiger partial charge in [0.2, 0.25) is 0 Å². The predicted octanol–water partition coefficient (Wildman–Crippen LogP) is 3.78. The molecule has 0 spiro atoms. The van der Waals surface area contributed by atoms with Gasteiger partial charge in [0.05, 0.1) is 6.10 Å². The van der Waals surface area contributed by atoms with E-state index < -0.39 is 18.2 Å². The zero-order chi connectivity index (χ0) is 23.0. The average molecular weight is 453 g/mol. The van der Waals surface area contributed by atoms with Crippen LogP contribution in [-0.2, 0) is 14.3 Å². The summed E-state index contributed by atoms with van der Waals surface area (Å²) in [5.41, 5.74) is 0. The summed E-state index contributed by atoms with van der Waals surface area (Å²) in [6.45, 7) is 10.4. The molecule has 31 heavy (non-hydrogen) atoms. The molecule has 0 bridgehead atoms. The van der Waals surface area contributed by atoms with E-state index in [-0.39, 0.29) is 22.6 Å². The first-order valence-electron chi connectivity index (χ1n) is 10.5. The van der Waals surface area contributed by atoms with Crippen LogP contribution in [0.25, 0.3) is 0 Å². The Hall–Kier alpha value is -2.31. The Labute approximate surface area is 189 Å². The van der Waals surface area contributed by atoms with Gasteiger partial charge in [-0.2, -0.15) is 0 Å². The summed E-state index contributed by atoms with van der Waals surface area (Å²) < 4.78 is 30.8. The lowest BCUT2D eigenvalue weighted by molar-refractivity contribution is 0.212. The summed E-state index contributed by atoms with van der Waals surface area (Å²) >= 11 is 0. The van der Waals surface area contributed by atoms with Crippen LogP contribution >= 0.6 is 0 Å². The molecule has 0 saturated carbocycles. The molecule has 0 amide bonds. The second-order valence-corrected chi connectivity index (χ2v) is 14.9. The van der Waals surface area contributed by atoms with Crippen molar-refractivity contribution in [2.45, 2.75) is 52.2 Å². The highest BCUT2D eigenvalue weighted by atomic mass is 32.2. The Kier molecular flexibility index (Phi) is 8.71. The van der Waals surface area contributed by atoms with Crippen LogP contribution in [-0.4, -0.2) is 34.3 Å². The second kappa shape index (κ2) is 10.8. The lowest BCUT2D eigenvalue weighted by atomic mass is 10.2. The van der Waals surface area contributed by atoms with Crippen molar-refractivity contribution in [2.75, 3.05) is 11.5 Å². The summed E-state index contributed by atoms with van der Waals surface area (Å²) in [7, 11) is -5.90. The molecule has 0 aliphatic carbocycles. The average Bonchev–Trinajstić information content (AvgIpc) is 2.74. The van der Waals surface area contributed by atoms with E-state index in [0.29, 0.717) is 6.42 Å². The highest BCUT2D eigenvalue weighted by Gasteiger charge is 2.50. The molecule has 1 atom stereocenters. The first-order chi connectivity index (χ1) is 14.6. The summed E-state index contributed by atoms with van der Waals surface area (Å²) in [5, 5.41) is 2.32. The fraction of sp³-hybridized carbons (Fsp3) is 0.385. The molecule has 0 fully saturated rings. The smallest absolute Gasteiger partial charge is 0.261 e. The topological polar surface area (TPSA) is 43.4 Å². The Morgan fingerprint density at radius 3 is 1.81 bits per heavy atom. The Morgan fingerprint density at radius 2 is 1.35 bits per heavy atom. The van der Waals surface area contributed by atoms with Gasteiger partial charge in [-0.15, -0.1) is 5.92 Å². The highest BCUT2D eigenvalue weighted by Crippen LogP contribution is 2.37. The zero-order valence-electron chi connectivity index (χ0n) is 19.1. The third-order valence-electron chi connectivity index (χ3n) is 5.07. The Balaban J connectivity index is 2.33. The summed E-state index contributed by atoms with van der Waals surface area (Å²) in [5.74, 6) is 10.7. The minimum atomic E-state index is -3.27. The van der Waals surface area contributed by atoms with Crippen LogP contribution in [0.2, 0.25) is 5.04 Å². The third-order valence-corrected chi connectivity index (χ3v) is 11.4. The highest BCUT2D eigenvalue weighted by molar-refractivity contribution is 7.91. The van der Waals surface area contributed by atoms with Gasteiger partial charge in [0, 0.05) is 6.42 Å². The van der Waals surface area contributed by atoms with Crippen LogP contribution in [0, 0.1) is 23.7 Å². The van der Waals surface area contributed by atoms with Crippen molar-refractivity contribution < 1.29 is 12.8 Å². The lowest BCUT2D eigenvalue weighted by Gasteiger charge is -2.44. The van der Waals surface area contributed by atoms with Crippen molar-refractivity contribution in [3.05, 3.63) is 60.7 Å². The third kappa shape index (κ3) is 6.58. The van der Waals surface area contributed by atoms with Gasteiger partial charge in [0.1, 0.15) is 11.5 Å². The Bertz CT molecular complexity index is 1020. The standard InChI is InChI=1S/C26H32O3SSi/c1-6-7-21-30(27,28)22-15-14-16-23(2)29-31(26(3,4)5,24-17-10-8-11-18-24)25-19-12-9-13-20-25/h8-13,17-20,23H,16,21-22H2,1-5H3. The van der Waals surface area contributed by atoms with E-state index in [1.54, 1.807) is 6.92 Å². The fourth-order valence-electron chi connectivity index (χ4n) is 3.64. The maximum absolute atomic E-state index is 11.9. The van der Waals surface area contributed by atoms with Crippen LogP contribution in [0.3, 0.4) is 0 Å². The molecule has 0 aromatic heterocycles. The zero-order valence-corrected chi connectivity index (χ0v) is 20.9. The van der Waals surface area contributed by atoms with Crippen molar-refractivity contribution >= 4 is 28.5 Å². The quantitative estimate of drug-likeness (QED) is 0.474. The van der Waals surface area contributed by atoms with Gasteiger partial charge in [-0.05, 0) is 29.3 Å². The molecule has 0 saturated heterocycles. The Morgan fingerprint density at radius 1 is 0.871 bits per heavy atom. The van der Waals surface area contributed by atoms with Crippen molar-refractivity contribution in [3.63, 3.8) is 0 Å². The molecular weight excluding hydrogens is 420 g/mol. The van der Waals surface area contributed by atoms with Crippen LogP contribution in [0.4, 0.5) is 0 Å². The van der Waals surface area contributed by atoms with E-state index in [1.807, 2.05) is 19.1 Å². The number of hydrogen-bond acceptors (Lipinski definition) is 3. The van der Waals surface area contributed by atoms with Gasteiger partial charge in [-0.1, -0.05) is 99.2 Å². The number of rotatable bonds is 7. The van der Waals surface area contributed by atoms with Gasteiger partial charge in [-0.3, -0.25) is 0 Å². The molecule has 3 nitrogen and oxygen atoms in total. The van der Waals surface area contributed by atoms with Crippen LogP contribution in [0.5, 0.6) is 0 Å². The van der Waals surface area contributed by atoms with Crippen LogP contribution < -0.4 is 10.4 Å². The molecule has 5 heteroatoms. The van der Waals surface area contributed by atoms with Crippen molar-refractivity contribution in [2.24, 2.45) is 0 Å². The number of benzene rings is 2. The predicted molar refractivity (Wildman–Crippen MR) is 133 cm³/mol. The van der Waals surface area contributed by atoms with Gasteiger partial charge < -0.3 is 4.43 Å². The summed E-state index contributed by atoms with van der Waals surface area (Å²) in [6.07, 6.45) is 0.330. The maximum Gasteiger partial charge on any atom is 0.261 e. The second-order valence-electron chi connectivity index (χ2n) is 8.61. The largest absolute Gasteiger partial charge is 0.404 e. The van der Waals surface area contributed by atoms with Gasteiger partial charge in [-0.25, -0.2) is 8.42 Å². The monoisotopic (exact) mass is 452 g/mol. The van der Waals surface area contributed by atoms with E-state index in [2.05, 4.69) is 93.0 Å². The van der Waals surface area contributed by atoms with Crippen molar-refractivity contribution in [3.8, 4) is 23.7 Å². The normalized spacial score (nSPS) is 12.8. The molecule has 0 aliphatic rings. The number of hydrogen-bond donors (Lipinski definition) is 0. The fourth-order valence-corrected chi connectivity index (χ4v) is 9.13. The molecule has 164 valence electrons. The molecule has 1 unspecified atom stereocenters.